The number of carbonyl (C=O) groups excluding carboxylic acids is 3. The summed E-state index contributed by atoms with van der Waals surface area (Å²) in [4.78, 5) is 40.9. The van der Waals surface area contributed by atoms with Crippen LogP contribution in [0.25, 0.3) is 6.08 Å². The van der Waals surface area contributed by atoms with Crippen LogP contribution >= 0.6 is 0 Å². The van der Waals surface area contributed by atoms with Gasteiger partial charge in [0.05, 0.1) is 12.7 Å². The number of allylic oxidation sites excluding steroid dienone is 1. The molecule has 2 heterocycles. The third-order valence-corrected chi connectivity index (χ3v) is 7.42. The molecule has 4 rings (SSSR count). The van der Waals surface area contributed by atoms with E-state index in [1.165, 1.54) is 10.5 Å². The quantitative estimate of drug-likeness (QED) is 0.345. The molecule has 1 aromatic carbocycles. The number of piperidine rings is 2. The normalized spacial score (nSPS) is 20.8. The van der Waals surface area contributed by atoms with Crippen molar-refractivity contribution in [3.05, 3.63) is 34.9 Å². The van der Waals surface area contributed by atoms with Crippen molar-refractivity contribution in [1.29, 1.82) is 0 Å². The van der Waals surface area contributed by atoms with Crippen LogP contribution in [0.4, 0.5) is 0 Å². The molecule has 2 saturated heterocycles. The van der Waals surface area contributed by atoms with Gasteiger partial charge in [-0.25, -0.2) is 0 Å². The number of aliphatic hydroxyl groups is 1. The number of nitrogens with one attached hydrogen (secondary N) is 1. The molecule has 9 heteroatoms. The maximum atomic E-state index is 13.3. The van der Waals surface area contributed by atoms with E-state index in [1.807, 2.05) is 6.07 Å². The van der Waals surface area contributed by atoms with Gasteiger partial charge in [-0.2, -0.15) is 0 Å². The first kappa shape index (κ1) is 27.3. The molecule has 2 N–H and O–H groups in total. The molecule has 0 radical (unpaired) electrons. The second-order valence-electron chi connectivity index (χ2n) is 10.2. The Balaban J connectivity index is 1.28. The lowest BCUT2D eigenvalue weighted by Gasteiger charge is -2.30. The molecule has 37 heavy (non-hydrogen) atoms. The first-order valence-electron chi connectivity index (χ1n) is 13.5. The Morgan fingerprint density at radius 2 is 1.92 bits per heavy atom. The van der Waals surface area contributed by atoms with Gasteiger partial charge in [0.15, 0.2) is 0 Å². The van der Waals surface area contributed by atoms with Crippen LogP contribution in [0.1, 0.15) is 67.3 Å². The lowest BCUT2D eigenvalue weighted by atomic mass is 9.89. The van der Waals surface area contributed by atoms with Crippen molar-refractivity contribution in [2.45, 2.75) is 63.5 Å². The number of rotatable bonds is 11. The average molecular weight is 514 g/mol. The van der Waals surface area contributed by atoms with Crippen molar-refractivity contribution < 1.29 is 29.0 Å². The summed E-state index contributed by atoms with van der Waals surface area (Å²) in [7, 11) is 1.61. The first-order valence-corrected chi connectivity index (χ1v) is 13.5. The van der Waals surface area contributed by atoms with Crippen LogP contribution in [-0.2, 0) is 14.3 Å². The van der Waals surface area contributed by atoms with Crippen LogP contribution in [0.3, 0.4) is 0 Å². The van der Waals surface area contributed by atoms with Crippen molar-refractivity contribution in [3.8, 4) is 5.75 Å². The molecule has 1 aliphatic carbocycles. The molecule has 202 valence electrons. The summed E-state index contributed by atoms with van der Waals surface area (Å²) in [5, 5.41) is 11.9. The molecule has 2 aliphatic heterocycles. The molecule has 3 amide bonds. The van der Waals surface area contributed by atoms with Crippen molar-refractivity contribution in [2.75, 3.05) is 46.5 Å². The number of likely N-dealkylation sites (N-methyl/N-ethyl adjacent to an activating group) is 1. The van der Waals surface area contributed by atoms with E-state index in [9.17, 15) is 19.5 Å². The molecule has 0 spiro atoms. The van der Waals surface area contributed by atoms with Gasteiger partial charge in [0.1, 0.15) is 18.4 Å². The van der Waals surface area contributed by atoms with Gasteiger partial charge in [0.25, 0.3) is 5.91 Å². The molecule has 0 bridgehead atoms. The summed E-state index contributed by atoms with van der Waals surface area (Å²) < 4.78 is 11.6. The minimum absolute atomic E-state index is 0.145. The molecular formula is C28H39N3O6. The summed E-state index contributed by atoms with van der Waals surface area (Å²) in [6.45, 7) is 4.44. The topological polar surface area (TPSA) is 108 Å². The first-order chi connectivity index (χ1) is 17.9. The maximum Gasteiger partial charge on any atom is 0.254 e. The highest BCUT2D eigenvalue weighted by Gasteiger charge is 2.33. The number of hydrogen-bond donors (Lipinski definition) is 2. The molecule has 1 saturated carbocycles. The van der Waals surface area contributed by atoms with Crippen molar-refractivity contribution in [3.63, 3.8) is 0 Å². The molecular weight excluding hydrogens is 474 g/mol. The Labute approximate surface area is 218 Å². The minimum atomic E-state index is -0.663. The van der Waals surface area contributed by atoms with Gasteiger partial charge < -0.3 is 24.4 Å². The van der Waals surface area contributed by atoms with Crippen LogP contribution < -0.4 is 10.1 Å². The van der Waals surface area contributed by atoms with E-state index in [1.54, 1.807) is 19.2 Å². The van der Waals surface area contributed by atoms with E-state index in [2.05, 4.69) is 16.3 Å². The predicted molar refractivity (Wildman–Crippen MR) is 139 cm³/mol. The van der Waals surface area contributed by atoms with E-state index in [4.69, 9.17) is 9.47 Å². The van der Waals surface area contributed by atoms with Gasteiger partial charge in [-0.1, -0.05) is 11.6 Å². The molecule has 9 nitrogen and oxygen atoms in total. The number of nitrogens with zero attached hydrogens (tertiary/aromatic N) is 2. The highest BCUT2D eigenvalue weighted by Crippen LogP contribution is 2.30. The van der Waals surface area contributed by atoms with Crippen molar-refractivity contribution >= 4 is 23.8 Å². The number of benzene rings is 1. The Morgan fingerprint density at radius 1 is 1.14 bits per heavy atom. The fraction of sp³-hybridized carbons (Fsp3) is 0.607. The molecule has 3 aliphatic rings. The second-order valence-corrected chi connectivity index (χ2v) is 10.2. The zero-order valence-corrected chi connectivity index (χ0v) is 21.7. The smallest absolute Gasteiger partial charge is 0.254 e. The SMILES string of the molecule is CN(C(=O)c1ccc(OCCOCCCN2CCC(O)CC2)cc1C=C1CCC1)C1CCC(=O)NC1=O. The minimum Gasteiger partial charge on any atom is -0.491 e. The maximum absolute atomic E-state index is 13.3. The zero-order valence-electron chi connectivity index (χ0n) is 21.7. The third-order valence-electron chi connectivity index (χ3n) is 7.42. The molecule has 1 aromatic rings. The largest absolute Gasteiger partial charge is 0.491 e. The molecule has 0 aromatic heterocycles. The Hall–Kier alpha value is -2.75. The van der Waals surface area contributed by atoms with Gasteiger partial charge in [-0.05, 0) is 68.7 Å². The van der Waals surface area contributed by atoms with Gasteiger partial charge in [0.2, 0.25) is 11.8 Å². The van der Waals surface area contributed by atoms with Crippen LogP contribution in [0.2, 0.25) is 0 Å². The van der Waals surface area contributed by atoms with Crippen LogP contribution in [-0.4, -0.2) is 91.3 Å². The van der Waals surface area contributed by atoms with E-state index in [0.717, 1.165) is 63.7 Å². The standard InChI is InChI=1S/C28H39N3O6/c1-30(25-8-9-26(33)29-27(25)34)28(35)24-7-6-23(19-21(24)18-20-4-2-5-20)37-17-16-36-15-3-12-31-13-10-22(32)11-14-31/h6-7,18-19,22,25,32H,2-5,8-17H2,1H3,(H,29,33,34). The van der Waals surface area contributed by atoms with Crippen LogP contribution in [0.5, 0.6) is 5.75 Å². The Kier molecular flexibility index (Phi) is 9.71. The number of aliphatic hydroxyl groups excluding tert-OH is 1. The van der Waals surface area contributed by atoms with Crippen molar-refractivity contribution in [2.24, 2.45) is 0 Å². The van der Waals surface area contributed by atoms with E-state index in [0.29, 0.717) is 37.6 Å². The van der Waals surface area contributed by atoms with E-state index in [-0.39, 0.29) is 24.3 Å². The summed E-state index contributed by atoms with van der Waals surface area (Å²) in [5.41, 5.74) is 2.59. The van der Waals surface area contributed by atoms with Crippen LogP contribution in [0, 0.1) is 0 Å². The number of amides is 3. The van der Waals surface area contributed by atoms with E-state index >= 15 is 0 Å². The number of carbonyl (C=O) groups is 3. The van der Waals surface area contributed by atoms with E-state index < -0.39 is 11.9 Å². The van der Waals surface area contributed by atoms with Crippen molar-refractivity contribution in [1.82, 2.24) is 15.1 Å². The number of ether oxygens (including phenoxy) is 2. The van der Waals surface area contributed by atoms with Gasteiger partial charge in [-0.3, -0.25) is 19.7 Å². The Bertz CT molecular complexity index is 996. The molecule has 1 unspecified atom stereocenters. The third kappa shape index (κ3) is 7.63. The average Bonchev–Trinajstić information content (AvgIpc) is 2.86. The number of hydrogen-bond acceptors (Lipinski definition) is 7. The molecule has 3 fully saturated rings. The Morgan fingerprint density at radius 3 is 2.62 bits per heavy atom. The summed E-state index contributed by atoms with van der Waals surface area (Å²) in [5.74, 6) is -0.313. The number of likely N-dealkylation sites (tertiary alicyclic amines) is 1. The number of imide groups is 1. The molecule has 1 atom stereocenters. The summed E-state index contributed by atoms with van der Waals surface area (Å²) in [6.07, 6.45) is 8.31. The highest BCUT2D eigenvalue weighted by molar-refractivity contribution is 6.04. The fourth-order valence-electron chi connectivity index (χ4n) is 4.93. The summed E-state index contributed by atoms with van der Waals surface area (Å²) >= 11 is 0. The predicted octanol–water partition coefficient (Wildman–Crippen LogP) is 2.37. The lowest BCUT2D eigenvalue weighted by molar-refractivity contribution is -0.136. The van der Waals surface area contributed by atoms with Gasteiger partial charge >= 0.3 is 0 Å². The monoisotopic (exact) mass is 513 g/mol. The highest BCUT2D eigenvalue weighted by atomic mass is 16.5. The summed E-state index contributed by atoms with van der Waals surface area (Å²) in [6, 6.07) is 4.74. The fourth-order valence-corrected chi connectivity index (χ4v) is 4.93. The lowest BCUT2D eigenvalue weighted by Crippen LogP contribution is -2.52. The van der Waals surface area contributed by atoms with Crippen LogP contribution in [0.15, 0.2) is 23.8 Å². The van der Waals surface area contributed by atoms with Gasteiger partial charge in [0, 0.05) is 45.3 Å². The van der Waals surface area contributed by atoms with Gasteiger partial charge in [-0.15, -0.1) is 0 Å². The second kappa shape index (κ2) is 13.2. The zero-order chi connectivity index (χ0) is 26.2.